The van der Waals surface area contributed by atoms with Crippen LogP contribution in [0.2, 0.25) is 0 Å². The number of ether oxygens (including phenoxy) is 2. The van der Waals surface area contributed by atoms with E-state index in [4.69, 9.17) is 14.6 Å². The number of aryl methyl sites for hydroxylation is 1. The Bertz CT molecular complexity index is 2560. The van der Waals surface area contributed by atoms with E-state index >= 15 is 8.78 Å². The molecule has 15 heteroatoms. The first kappa shape index (κ1) is 38.2. The summed E-state index contributed by atoms with van der Waals surface area (Å²) in [6.45, 7) is 5.00. The lowest BCUT2D eigenvalue weighted by Gasteiger charge is -2.33. The van der Waals surface area contributed by atoms with Gasteiger partial charge in [-0.3, -0.25) is 24.0 Å². The van der Waals surface area contributed by atoms with E-state index in [1.165, 1.54) is 12.1 Å². The van der Waals surface area contributed by atoms with E-state index in [1.54, 1.807) is 43.8 Å². The van der Waals surface area contributed by atoms with E-state index in [9.17, 15) is 14.4 Å². The number of fused-ring (bicyclic) bond motifs is 3. The summed E-state index contributed by atoms with van der Waals surface area (Å²) in [6, 6.07) is 10.2. The fourth-order valence-electron chi connectivity index (χ4n) is 8.65. The van der Waals surface area contributed by atoms with Crippen LogP contribution in [0.25, 0.3) is 22.0 Å². The summed E-state index contributed by atoms with van der Waals surface area (Å²) in [5.74, 6) is 1.57. The molecule has 13 nitrogen and oxygen atoms in total. The molecule has 3 aliphatic rings. The second kappa shape index (κ2) is 16.1. The first-order chi connectivity index (χ1) is 28.8. The van der Waals surface area contributed by atoms with Crippen molar-refractivity contribution in [1.82, 2.24) is 34.2 Å². The fraction of sp³-hybridized carbons (Fsp3) is 0.341. The van der Waals surface area contributed by atoms with Crippen molar-refractivity contribution >= 4 is 40.9 Å². The molecule has 7 heterocycles. The topological polar surface area (TPSA) is 138 Å². The number of aromatic nitrogens is 6. The van der Waals surface area contributed by atoms with E-state index < -0.39 is 6.43 Å². The maximum Gasteiger partial charge on any atom is 0.264 e. The Kier molecular flexibility index (Phi) is 10.4. The van der Waals surface area contributed by atoms with Crippen LogP contribution in [-0.2, 0) is 42.1 Å². The number of hydrogen-bond acceptors (Lipinski definition) is 10. The van der Waals surface area contributed by atoms with Gasteiger partial charge in [0.25, 0.3) is 6.43 Å². The summed E-state index contributed by atoms with van der Waals surface area (Å²) in [7, 11) is 0. The number of benzene rings is 2. The summed E-state index contributed by atoms with van der Waals surface area (Å²) in [6.07, 6.45) is 11.1. The number of anilines is 2. The Morgan fingerprint density at radius 3 is 2.56 bits per heavy atom. The monoisotopic (exact) mass is 800 g/mol. The van der Waals surface area contributed by atoms with Gasteiger partial charge in [-0.2, -0.15) is 5.10 Å². The first-order valence-corrected chi connectivity index (χ1v) is 19.9. The number of nitrogens with zero attached hydrogens (tertiary/aromatic N) is 8. The zero-order chi connectivity index (χ0) is 40.6. The molecule has 59 heavy (non-hydrogen) atoms. The fourth-order valence-corrected chi connectivity index (χ4v) is 8.65. The molecule has 0 saturated carbocycles. The zero-order valence-electron chi connectivity index (χ0n) is 32.5. The van der Waals surface area contributed by atoms with Gasteiger partial charge in [-0.1, -0.05) is 0 Å². The molecule has 6 aromatic rings. The van der Waals surface area contributed by atoms with Crippen LogP contribution in [0.5, 0.6) is 5.75 Å². The molecule has 0 radical (unpaired) electrons. The molecule has 2 aromatic carbocycles. The highest BCUT2D eigenvalue weighted by Crippen LogP contribution is 2.45. The minimum atomic E-state index is -2.76. The SMILES string of the molecule is CC(=O)N1CCc2c(c(N3CCCc4cc(-c5cn(Cc6cnc(COc7ccc(C=O)c(C=O)c7)nc6)c6ccncc56)c(C(F)F)cc43)nn2C2CCOCC2)C1. The largest absolute Gasteiger partial charge is 0.486 e. The van der Waals surface area contributed by atoms with Crippen LogP contribution in [0.3, 0.4) is 0 Å². The third-order valence-electron chi connectivity index (χ3n) is 11.7. The molecule has 9 rings (SSSR count). The molecule has 1 amide bonds. The lowest BCUT2D eigenvalue weighted by atomic mass is 9.91. The predicted octanol–water partition coefficient (Wildman–Crippen LogP) is 7.22. The molecule has 302 valence electrons. The van der Waals surface area contributed by atoms with E-state index in [-0.39, 0.29) is 35.2 Å². The molecule has 0 bridgehead atoms. The molecule has 1 fully saturated rings. The number of pyridine rings is 1. The smallest absolute Gasteiger partial charge is 0.264 e. The van der Waals surface area contributed by atoms with Crippen LogP contribution in [0.15, 0.2) is 67.4 Å². The van der Waals surface area contributed by atoms with E-state index in [0.29, 0.717) is 81.1 Å². The van der Waals surface area contributed by atoms with Gasteiger partial charge in [0, 0.05) is 121 Å². The number of amides is 1. The Labute approximate surface area is 338 Å². The average molecular weight is 801 g/mol. The normalized spacial score (nSPS) is 15.7. The van der Waals surface area contributed by atoms with Gasteiger partial charge >= 0.3 is 0 Å². The standard InChI is InChI=1S/C44H42F2N8O5/c1-27(57)51-12-7-40-38(23-51)44(50-54(40)32-8-13-58-14-9-32)53-11-2-3-29-16-34(35(43(45)46)17-41(29)53)37-22-52(39-6-10-47-20-36(37)39)21-28-18-48-42(49-19-28)26-59-33-5-4-30(24-55)31(15-33)25-56/h4-6,10,15-20,22,24-25,32,43H,2-3,7-9,11-14,21,23,26H2,1H3. The van der Waals surface area contributed by atoms with Gasteiger partial charge in [0.15, 0.2) is 24.2 Å². The number of aldehydes is 2. The van der Waals surface area contributed by atoms with Crippen molar-refractivity contribution in [2.24, 2.45) is 0 Å². The first-order valence-electron chi connectivity index (χ1n) is 19.9. The number of alkyl halides is 2. The van der Waals surface area contributed by atoms with Gasteiger partial charge in [-0.05, 0) is 73.2 Å². The van der Waals surface area contributed by atoms with Gasteiger partial charge in [0.2, 0.25) is 5.91 Å². The predicted molar refractivity (Wildman–Crippen MR) is 214 cm³/mol. The van der Waals surface area contributed by atoms with Gasteiger partial charge in [-0.15, -0.1) is 0 Å². The molecule has 1 saturated heterocycles. The number of rotatable bonds is 11. The van der Waals surface area contributed by atoms with Crippen molar-refractivity contribution in [1.29, 1.82) is 0 Å². The van der Waals surface area contributed by atoms with Crippen LogP contribution in [-0.4, -0.2) is 79.0 Å². The summed E-state index contributed by atoms with van der Waals surface area (Å²) < 4.78 is 46.2. The third kappa shape index (κ3) is 7.35. The molecule has 0 unspecified atom stereocenters. The zero-order valence-corrected chi connectivity index (χ0v) is 32.5. The number of carbonyl (C=O) groups is 3. The summed E-state index contributed by atoms with van der Waals surface area (Å²) in [5.41, 5.74) is 6.95. The van der Waals surface area contributed by atoms with Crippen LogP contribution < -0.4 is 9.64 Å². The van der Waals surface area contributed by atoms with Gasteiger partial charge in [0.1, 0.15) is 12.4 Å². The summed E-state index contributed by atoms with van der Waals surface area (Å²) in [4.78, 5) is 52.3. The lowest BCUT2D eigenvalue weighted by Crippen LogP contribution is -2.36. The van der Waals surface area contributed by atoms with Gasteiger partial charge in [0.05, 0.1) is 24.6 Å². The highest BCUT2D eigenvalue weighted by molar-refractivity contribution is 5.97. The number of hydrogen-bond donors (Lipinski definition) is 0. The number of carbonyl (C=O) groups excluding carboxylic acids is 3. The summed E-state index contributed by atoms with van der Waals surface area (Å²) in [5, 5.41) is 5.97. The van der Waals surface area contributed by atoms with E-state index in [2.05, 4.69) is 24.5 Å². The van der Waals surface area contributed by atoms with Crippen molar-refractivity contribution in [3.63, 3.8) is 0 Å². The Balaban J connectivity index is 1.03. The molecule has 4 aromatic heterocycles. The number of halogens is 2. The van der Waals surface area contributed by atoms with Crippen molar-refractivity contribution in [3.8, 4) is 16.9 Å². The Morgan fingerprint density at radius 2 is 1.80 bits per heavy atom. The molecule has 0 aliphatic carbocycles. The molecule has 0 atom stereocenters. The van der Waals surface area contributed by atoms with Crippen LogP contribution in [0.4, 0.5) is 20.3 Å². The molecular weight excluding hydrogens is 759 g/mol. The second-order valence-corrected chi connectivity index (χ2v) is 15.2. The third-order valence-corrected chi connectivity index (χ3v) is 11.7. The van der Waals surface area contributed by atoms with Gasteiger partial charge < -0.3 is 23.8 Å². The van der Waals surface area contributed by atoms with Crippen molar-refractivity contribution < 1.29 is 32.6 Å². The van der Waals surface area contributed by atoms with Crippen molar-refractivity contribution in [3.05, 3.63) is 112 Å². The second-order valence-electron chi connectivity index (χ2n) is 15.2. The molecule has 3 aliphatic heterocycles. The quantitative estimate of drug-likeness (QED) is 0.124. The molecule has 0 spiro atoms. The Hall–Kier alpha value is -6.35. The summed E-state index contributed by atoms with van der Waals surface area (Å²) >= 11 is 0. The highest BCUT2D eigenvalue weighted by Gasteiger charge is 2.34. The van der Waals surface area contributed by atoms with Crippen LogP contribution in [0.1, 0.15) is 93.1 Å². The molecular formula is C44H42F2N8O5. The minimum Gasteiger partial charge on any atom is -0.486 e. The molecule has 0 N–H and O–H groups in total. The average Bonchev–Trinajstić information content (AvgIpc) is 3.84. The van der Waals surface area contributed by atoms with Crippen molar-refractivity contribution in [2.75, 3.05) is 31.2 Å². The van der Waals surface area contributed by atoms with E-state index in [1.807, 2.05) is 27.8 Å². The highest BCUT2D eigenvalue weighted by atomic mass is 19.3. The minimum absolute atomic E-state index is 0.00286. The van der Waals surface area contributed by atoms with Gasteiger partial charge in [-0.25, -0.2) is 18.7 Å². The van der Waals surface area contributed by atoms with Crippen LogP contribution >= 0.6 is 0 Å². The van der Waals surface area contributed by atoms with Crippen LogP contribution in [0, 0.1) is 0 Å². The van der Waals surface area contributed by atoms with Crippen molar-refractivity contribution in [2.45, 2.75) is 71.2 Å². The Morgan fingerprint density at radius 1 is 0.983 bits per heavy atom. The maximum atomic E-state index is 15.3. The maximum absolute atomic E-state index is 15.3. The van der Waals surface area contributed by atoms with E-state index in [0.717, 1.165) is 70.5 Å². The lowest BCUT2D eigenvalue weighted by molar-refractivity contribution is -0.129.